The van der Waals surface area contributed by atoms with E-state index in [2.05, 4.69) is 45.3 Å². The molecule has 3 rings (SSSR count). The van der Waals surface area contributed by atoms with Gasteiger partial charge in [-0.2, -0.15) is 0 Å². The van der Waals surface area contributed by atoms with Crippen LogP contribution >= 0.6 is 0 Å². The molecule has 0 spiro atoms. The van der Waals surface area contributed by atoms with Gasteiger partial charge in [-0.15, -0.1) is 0 Å². The Morgan fingerprint density at radius 2 is 2.07 bits per heavy atom. The van der Waals surface area contributed by atoms with E-state index in [1.165, 1.54) is 23.5 Å². The highest BCUT2D eigenvalue weighted by Gasteiger charge is 2.20. The molecule has 2 N–H and O–H groups in total. The van der Waals surface area contributed by atoms with Crippen LogP contribution in [-0.4, -0.2) is 51.7 Å². The Hall–Kier alpha value is -2.67. The molecule has 144 valence electrons. The van der Waals surface area contributed by atoms with Gasteiger partial charge in [0.15, 0.2) is 5.69 Å². The van der Waals surface area contributed by atoms with Crippen molar-refractivity contribution in [2.24, 2.45) is 0 Å². The number of carboxylic acid groups (broad SMARTS) is 1. The first kappa shape index (κ1) is 19.1. The number of aromatic nitrogens is 2. The maximum atomic E-state index is 10.8. The number of likely N-dealkylation sites (tertiary alicyclic amines) is 1. The fourth-order valence-corrected chi connectivity index (χ4v) is 3.27. The number of hydrogen-bond acceptors (Lipinski definition) is 6. The fraction of sp³-hybridized carbons (Fsp3) is 0.450. The highest BCUT2D eigenvalue weighted by Crippen LogP contribution is 2.22. The lowest BCUT2D eigenvalue weighted by Crippen LogP contribution is -2.38. The Kier molecular flexibility index (Phi) is 6.24. The van der Waals surface area contributed by atoms with Crippen molar-refractivity contribution >= 4 is 11.8 Å². The van der Waals surface area contributed by atoms with Gasteiger partial charge in [0.05, 0.1) is 19.0 Å². The van der Waals surface area contributed by atoms with Crippen molar-refractivity contribution in [1.82, 2.24) is 14.9 Å². The summed E-state index contributed by atoms with van der Waals surface area (Å²) in [6.07, 6.45) is 4.78. The van der Waals surface area contributed by atoms with Crippen molar-refractivity contribution in [2.75, 3.05) is 25.0 Å². The minimum atomic E-state index is -1.06. The van der Waals surface area contributed by atoms with Crippen LogP contribution in [0, 0.1) is 6.92 Å². The minimum Gasteiger partial charge on any atom is -0.494 e. The first-order valence-corrected chi connectivity index (χ1v) is 9.31. The average molecular weight is 370 g/mol. The van der Waals surface area contributed by atoms with Crippen LogP contribution in [0.3, 0.4) is 0 Å². The van der Waals surface area contributed by atoms with Crippen molar-refractivity contribution in [1.29, 1.82) is 0 Å². The van der Waals surface area contributed by atoms with Gasteiger partial charge in [-0.05, 0) is 43.9 Å². The minimum absolute atomic E-state index is 0.0418. The number of aryl methyl sites for hydroxylation is 1. The maximum absolute atomic E-state index is 10.8. The molecule has 2 heterocycles. The topological polar surface area (TPSA) is 87.6 Å². The molecule has 1 aliphatic heterocycles. The predicted octanol–water partition coefficient (Wildman–Crippen LogP) is 2.96. The lowest BCUT2D eigenvalue weighted by atomic mass is 10.0. The number of aromatic carboxylic acids is 1. The van der Waals surface area contributed by atoms with E-state index in [1.54, 1.807) is 0 Å². The van der Waals surface area contributed by atoms with E-state index in [9.17, 15) is 4.79 Å². The number of nitrogens with zero attached hydrogens (tertiary/aromatic N) is 3. The van der Waals surface area contributed by atoms with Crippen LogP contribution in [0.1, 0.15) is 41.4 Å². The Labute approximate surface area is 159 Å². The number of carbonyl (C=O) groups is 1. The van der Waals surface area contributed by atoms with Gasteiger partial charge in [0.25, 0.3) is 0 Å². The molecule has 0 saturated carbocycles. The van der Waals surface area contributed by atoms with Gasteiger partial charge < -0.3 is 15.2 Å². The van der Waals surface area contributed by atoms with Gasteiger partial charge in [-0.3, -0.25) is 4.90 Å². The van der Waals surface area contributed by atoms with E-state index in [4.69, 9.17) is 9.84 Å². The lowest BCUT2D eigenvalue weighted by Gasteiger charge is -2.32. The number of ether oxygens (including phenoxy) is 1. The SMILES string of the molecule is CCOc1cc(CN2CCC(Nc3cnc(C(=O)O)cn3)CC2)ccc1C. The van der Waals surface area contributed by atoms with Gasteiger partial charge >= 0.3 is 5.97 Å². The van der Waals surface area contributed by atoms with Crippen LogP contribution in [-0.2, 0) is 6.54 Å². The first-order chi connectivity index (χ1) is 13.0. The van der Waals surface area contributed by atoms with Gasteiger partial charge in [0, 0.05) is 25.7 Å². The third-order valence-electron chi connectivity index (χ3n) is 4.77. The molecule has 7 heteroatoms. The second kappa shape index (κ2) is 8.81. The van der Waals surface area contributed by atoms with Gasteiger partial charge in [-0.25, -0.2) is 14.8 Å². The molecule has 7 nitrogen and oxygen atoms in total. The molecule has 1 aliphatic rings. The van der Waals surface area contributed by atoms with Crippen LogP contribution in [0.2, 0.25) is 0 Å². The van der Waals surface area contributed by atoms with Crippen molar-refractivity contribution in [3.63, 3.8) is 0 Å². The van der Waals surface area contributed by atoms with Crippen LogP contribution in [0.15, 0.2) is 30.6 Å². The number of nitrogens with one attached hydrogen (secondary N) is 1. The molecule has 0 unspecified atom stereocenters. The van der Waals surface area contributed by atoms with Crippen LogP contribution in [0.5, 0.6) is 5.75 Å². The number of carboxylic acids is 1. The number of piperidine rings is 1. The summed E-state index contributed by atoms with van der Waals surface area (Å²) >= 11 is 0. The quantitative estimate of drug-likeness (QED) is 0.775. The van der Waals surface area contributed by atoms with Crippen LogP contribution in [0.4, 0.5) is 5.82 Å². The summed E-state index contributed by atoms with van der Waals surface area (Å²) in [6, 6.07) is 6.75. The molecule has 0 bridgehead atoms. The van der Waals surface area contributed by atoms with Crippen molar-refractivity contribution < 1.29 is 14.6 Å². The number of benzene rings is 1. The average Bonchev–Trinajstić information content (AvgIpc) is 2.67. The van der Waals surface area contributed by atoms with Crippen molar-refractivity contribution in [3.05, 3.63) is 47.4 Å². The molecular weight excluding hydrogens is 344 g/mol. The molecule has 0 atom stereocenters. The third kappa shape index (κ3) is 5.17. The molecule has 1 fully saturated rings. The van der Waals surface area contributed by atoms with Crippen LogP contribution in [0.25, 0.3) is 0 Å². The summed E-state index contributed by atoms with van der Waals surface area (Å²) in [4.78, 5) is 21.3. The summed E-state index contributed by atoms with van der Waals surface area (Å²) in [5.41, 5.74) is 2.39. The van der Waals surface area contributed by atoms with E-state index < -0.39 is 5.97 Å². The van der Waals surface area contributed by atoms with Gasteiger partial charge in [0.2, 0.25) is 0 Å². The standard InChI is InChI=1S/C20H26N4O3/c1-3-27-18-10-15(5-4-14(18)2)13-24-8-6-16(7-9-24)23-19-12-21-17(11-22-19)20(25)26/h4-5,10-12,16H,3,6-9,13H2,1-2H3,(H,22,23)(H,25,26). The largest absolute Gasteiger partial charge is 0.494 e. The fourth-order valence-electron chi connectivity index (χ4n) is 3.27. The highest BCUT2D eigenvalue weighted by molar-refractivity contribution is 5.84. The Balaban J connectivity index is 1.50. The second-order valence-corrected chi connectivity index (χ2v) is 6.82. The smallest absolute Gasteiger partial charge is 0.356 e. The maximum Gasteiger partial charge on any atom is 0.356 e. The van der Waals surface area contributed by atoms with E-state index in [1.807, 2.05) is 6.92 Å². The summed E-state index contributed by atoms with van der Waals surface area (Å²) in [5.74, 6) is 0.527. The molecule has 1 aromatic heterocycles. The Morgan fingerprint density at radius 3 is 2.70 bits per heavy atom. The molecular formula is C20H26N4O3. The number of hydrogen-bond donors (Lipinski definition) is 2. The van der Waals surface area contributed by atoms with E-state index in [0.29, 0.717) is 18.5 Å². The van der Waals surface area contributed by atoms with E-state index >= 15 is 0 Å². The zero-order chi connectivity index (χ0) is 19.2. The molecule has 2 aromatic rings. The summed E-state index contributed by atoms with van der Waals surface area (Å²) in [5, 5.41) is 12.2. The normalized spacial score (nSPS) is 15.5. The molecule has 1 saturated heterocycles. The van der Waals surface area contributed by atoms with Gasteiger partial charge in [0.1, 0.15) is 11.6 Å². The predicted molar refractivity (Wildman–Crippen MR) is 103 cm³/mol. The molecule has 0 amide bonds. The van der Waals surface area contributed by atoms with Crippen molar-refractivity contribution in [2.45, 2.75) is 39.3 Å². The molecule has 1 aromatic carbocycles. The second-order valence-electron chi connectivity index (χ2n) is 6.82. The number of rotatable bonds is 7. The lowest BCUT2D eigenvalue weighted by molar-refractivity contribution is 0.0690. The van der Waals surface area contributed by atoms with Gasteiger partial charge in [-0.1, -0.05) is 12.1 Å². The highest BCUT2D eigenvalue weighted by atomic mass is 16.5. The zero-order valence-electron chi connectivity index (χ0n) is 15.8. The zero-order valence-corrected chi connectivity index (χ0v) is 15.8. The Bertz CT molecular complexity index is 771. The summed E-state index contributed by atoms with van der Waals surface area (Å²) in [6.45, 7) is 7.66. The monoisotopic (exact) mass is 370 g/mol. The van der Waals surface area contributed by atoms with Crippen molar-refractivity contribution in [3.8, 4) is 5.75 Å². The Morgan fingerprint density at radius 1 is 1.30 bits per heavy atom. The summed E-state index contributed by atoms with van der Waals surface area (Å²) < 4.78 is 5.69. The molecule has 0 aliphatic carbocycles. The first-order valence-electron chi connectivity index (χ1n) is 9.31. The van der Waals surface area contributed by atoms with E-state index in [-0.39, 0.29) is 5.69 Å². The molecule has 0 radical (unpaired) electrons. The third-order valence-corrected chi connectivity index (χ3v) is 4.77. The van der Waals surface area contributed by atoms with E-state index in [0.717, 1.165) is 38.2 Å². The summed E-state index contributed by atoms with van der Waals surface area (Å²) in [7, 11) is 0. The molecule has 27 heavy (non-hydrogen) atoms. The van der Waals surface area contributed by atoms with Crippen LogP contribution < -0.4 is 10.1 Å². The number of anilines is 1.